The van der Waals surface area contributed by atoms with Crippen LogP contribution in [-0.2, 0) is 20.7 Å². The number of para-hydroxylation sites is 1. The van der Waals surface area contributed by atoms with E-state index in [-0.39, 0.29) is 23.9 Å². The van der Waals surface area contributed by atoms with Crippen LogP contribution in [-0.4, -0.2) is 41.7 Å². The van der Waals surface area contributed by atoms with Gasteiger partial charge in [0, 0.05) is 5.69 Å². The highest BCUT2D eigenvalue weighted by Gasteiger charge is 2.37. The molecule has 0 saturated carbocycles. The van der Waals surface area contributed by atoms with Gasteiger partial charge in [-0.25, -0.2) is 4.79 Å². The van der Waals surface area contributed by atoms with Gasteiger partial charge < -0.3 is 15.4 Å². The van der Waals surface area contributed by atoms with Gasteiger partial charge in [0.25, 0.3) is 0 Å². The van der Waals surface area contributed by atoms with Crippen molar-refractivity contribution >= 4 is 35.4 Å². The number of rotatable bonds is 4. The summed E-state index contributed by atoms with van der Waals surface area (Å²) in [6.45, 7) is 1.88. The van der Waals surface area contributed by atoms with Crippen molar-refractivity contribution in [1.29, 1.82) is 0 Å². The predicted molar refractivity (Wildman–Crippen MR) is 99.8 cm³/mol. The number of anilines is 1. The summed E-state index contributed by atoms with van der Waals surface area (Å²) in [7, 11) is 0. The molecular weight excluding hydrogens is 354 g/mol. The lowest BCUT2D eigenvalue weighted by molar-refractivity contribution is -0.125. The summed E-state index contributed by atoms with van der Waals surface area (Å²) in [6, 6.07) is 7.63. The highest BCUT2D eigenvalue weighted by atomic mass is 32.2. The van der Waals surface area contributed by atoms with E-state index in [0.717, 1.165) is 17.9 Å². The van der Waals surface area contributed by atoms with Crippen LogP contribution in [0.3, 0.4) is 0 Å². The second-order valence-corrected chi connectivity index (χ2v) is 7.55. The van der Waals surface area contributed by atoms with Gasteiger partial charge in [-0.05, 0) is 43.6 Å². The first-order chi connectivity index (χ1) is 12.6. The smallest absolute Gasteiger partial charge is 0.413 e. The molecular formula is C18H23N3O4S. The number of hydrogen-bond donors (Lipinski definition) is 3. The minimum atomic E-state index is -0.745. The monoisotopic (exact) mass is 377 g/mol. The van der Waals surface area contributed by atoms with Gasteiger partial charge in [0.05, 0.1) is 17.9 Å². The van der Waals surface area contributed by atoms with Crippen LogP contribution < -0.4 is 16.0 Å². The van der Waals surface area contributed by atoms with Crippen molar-refractivity contribution in [2.45, 2.75) is 37.6 Å². The average molecular weight is 377 g/mol. The molecule has 1 aromatic carbocycles. The SMILES string of the molecule is CCOC(=O)NC(=O)C1CCSC1NC(=O)C1CCc2ccccc2N1. The Kier molecular flexibility index (Phi) is 6.03. The summed E-state index contributed by atoms with van der Waals surface area (Å²) in [6.07, 6.45) is 1.41. The first-order valence-corrected chi connectivity index (χ1v) is 9.87. The molecule has 1 saturated heterocycles. The van der Waals surface area contributed by atoms with Crippen molar-refractivity contribution in [3.05, 3.63) is 29.8 Å². The number of carbonyl (C=O) groups excluding carboxylic acids is 3. The molecule has 7 nitrogen and oxygen atoms in total. The molecule has 8 heteroatoms. The molecule has 0 bridgehead atoms. The van der Waals surface area contributed by atoms with Crippen molar-refractivity contribution in [2.24, 2.45) is 5.92 Å². The van der Waals surface area contributed by atoms with Crippen molar-refractivity contribution in [2.75, 3.05) is 17.7 Å². The summed E-state index contributed by atoms with van der Waals surface area (Å²) in [5.74, 6) is -0.204. The van der Waals surface area contributed by atoms with Gasteiger partial charge >= 0.3 is 6.09 Å². The largest absolute Gasteiger partial charge is 0.450 e. The molecule has 3 rings (SSSR count). The molecule has 0 spiro atoms. The summed E-state index contributed by atoms with van der Waals surface area (Å²) in [5.41, 5.74) is 2.19. The molecule has 3 atom stereocenters. The van der Waals surface area contributed by atoms with Crippen LogP contribution in [0.25, 0.3) is 0 Å². The van der Waals surface area contributed by atoms with Gasteiger partial charge in [-0.2, -0.15) is 0 Å². The van der Waals surface area contributed by atoms with Crippen LogP contribution in [0, 0.1) is 5.92 Å². The second kappa shape index (κ2) is 8.44. The first-order valence-electron chi connectivity index (χ1n) is 8.82. The molecule has 140 valence electrons. The van der Waals surface area contributed by atoms with Gasteiger partial charge in [-0.3, -0.25) is 14.9 Å². The van der Waals surface area contributed by atoms with Gasteiger partial charge in [-0.15, -0.1) is 11.8 Å². The van der Waals surface area contributed by atoms with E-state index < -0.39 is 17.9 Å². The maximum atomic E-state index is 12.6. The maximum Gasteiger partial charge on any atom is 0.413 e. The van der Waals surface area contributed by atoms with Crippen LogP contribution in [0.15, 0.2) is 24.3 Å². The lowest BCUT2D eigenvalue weighted by atomic mass is 9.97. The molecule has 3 amide bonds. The number of nitrogens with one attached hydrogen (secondary N) is 3. The van der Waals surface area contributed by atoms with Gasteiger partial charge in [0.1, 0.15) is 6.04 Å². The quantitative estimate of drug-likeness (QED) is 0.741. The van der Waals surface area contributed by atoms with Gasteiger partial charge in [0.2, 0.25) is 11.8 Å². The number of fused-ring (bicyclic) bond motifs is 1. The highest BCUT2D eigenvalue weighted by Crippen LogP contribution is 2.31. The Hall–Kier alpha value is -2.22. The minimum absolute atomic E-state index is 0.118. The number of aryl methyl sites for hydroxylation is 1. The Morgan fingerprint density at radius 2 is 2.04 bits per heavy atom. The van der Waals surface area contributed by atoms with Crippen molar-refractivity contribution < 1.29 is 19.1 Å². The Balaban J connectivity index is 1.57. The van der Waals surface area contributed by atoms with E-state index in [1.54, 1.807) is 6.92 Å². The van der Waals surface area contributed by atoms with E-state index in [2.05, 4.69) is 22.0 Å². The number of carbonyl (C=O) groups is 3. The molecule has 3 unspecified atom stereocenters. The molecule has 3 N–H and O–H groups in total. The molecule has 2 heterocycles. The minimum Gasteiger partial charge on any atom is -0.450 e. The molecule has 0 aliphatic carbocycles. The summed E-state index contributed by atoms with van der Waals surface area (Å²) < 4.78 is 4.74. The zero-order chi connectivity index (χ0) is 18.5. The standard InChI is InChI=1S/C18H23N3O4S/c1-2-25-18(24)21-15(22)12-9-10-26-17(12)20-16(23)14-8-7-11-5-3-4-6-13(11)19-14/h3-6,12,14,17,19H,2,7-10H2,1H3,(H,20,23)(H,21,22,24). The van der Waals surface area contributed by atoms with Crippen molar-refractivity contribution in [3.8, 4) is 0 Å². The average Bonchev–Trinajstić information content (AvgIpc) is 3.09. The topological polar surface area (TPSA) is 96.5 Å². The van der Waals surface area contributed by atoms with E-state index in [0.29, 0.717) is 12.8 Å². The van der Waals surface area contributed by atoms with E-state index in [1.807, 2.05) is 18.2 Å². The molecule has 1 fully saturated rings. The Bertz CT molecular complexity index is 697. The van der Waals surface area contributed by atoms with Crippen LogP contribution in [0.2, 0.25) is 0 Å². The van der Waals surface area contributed by atoms with Crippen LogP contribution >= 0.6 is 11.8 Å². The Labute approximate surface area is 156 Å². The third kappa shape index (κ3) is 4.30. The number of thioether (sulfide) groups is 1. The number of alkyl carbamates (subject to hydrolysis) is 1. The van der Waals surface area contributed by atoms with Crippen molar-refractivity contribution in [1.82, 2.24) is 10.6 Å². The fraction of sp³-hybridized carbons (Fsp3) is 0.500. The number of hydrogen-bond acceptors (Lipinski definition) is 6. The Morgan fingerprint density at radius 3 is 2.85 bits per heavy atom. The number of amides is 3. The molecule has 0 aromatic heterocycles. The Morgan fingerprint density at radius 1 is 1.23 bits per heavy atom. The first kappa shape index (κ1) is 18.6. The molecule has 0 radical (unpaired) electrons. The molecule has 2 aliphatic rings. The van der Waals surface area contributed by atoms with E-state index in [9.17, 15) is 14.4 Å². The van der Waals surface area contributed by atoms with Crippen LogP contribution in [0.1, 0.15) is 25.3 Å². The highest BCUT2D eigenvalue weighted by molar-refractivity contribution is 8.00. The lowest BCUT2D eigenvalue weighted by Gasteiger charge is -2.28. The van der Waals surface area contributed by atoms with Crippen LogP contribution in [0.5, 0.6) is 0 Å². The fourth-order valence-corrected chi connectivity index (χ4v) is 4.57. The zero-order valence-electron chi connectivity index (χ0n) is 14.6. The zero-order valence-corrected chi connectivity index (χ0v) is 15.4. The summed E-state index contributed by atoms with van der Waals surface area (Å²) in [5, 5.41) is 8.13. The molecule has 26 heavy (non-hydrogen) atoms. The number of ether oxygens (including phenoxy) is 1. The molecule has 1 aromatic rings. The molecule has 2 aliphatic heterocycles. The van der Waals surface area contributed by atoms with E-state index in [4.69, 9.17) is 4.74 Å². The normalized spacial score (nSPS) is 24.1. The third-order valence-corrected chi connectivity index (χ3v) is 5.86. The number of benzene rings is 1. The summed E-state index contributed by atoms with van der Waals surface area (Å²) in [4.78, 5) is 36.4. The number of imide groups is 1. The van der Waals surface area contributed by atoms with Gasteiger partial charge in [0.15, 0.2) is 0 Å². The second-order valence-electron chi connectivity index (χ2n) is 6.30. The van der Waals surface area contributed by atoms with Gasteiger partial charge in [-0.1, -0.05) is 18.2 Å². The lowest BCUT2D eigenvalue weighted by Crippen LogP contribution is -2.49. The third-order valence-electron chi connectivity index (χ3n) is 4.58. The van der Waals surface area contributed by atoms with Crippen molar-refractivity contribution in [3.63, 3.8) is 0 Å². The fourth-order valence-electron chi connectivity index (χ4n) is 3.24. The predicted octanol–water partition coefficient (Wildman–Crippen LogP) is 1.88. The maximum absolute atomic E-state index is 12.6. The van der Waals surface area contributed by atoms with E-state index in [1.165, 1.54) is 17.3 Å². The van der Waals surface area contributed by atoms with Crippen LogP contribution in [0.4, 0.5) is 10.5 Å². The summed E-state index contributed by atoms with van der Waals surface area (Å²) >= 11 is 1.52. The van der Waals surface area contributed by atoms with E-state index >= 15 is 0 Å².